The monoisotopic (exact) mass is 185 g/mol. The fourth-order valence-corrected chi connectivity index (χ4v) is 0.995. The molecule has 0 unspecified atom stereocenters. The fraction of sp³-hybridized carbons (Fsp3) is 0. The largest absolute Gasteiger partial charge is 0.410 e. The van der Waals surface area contributed by atoms with Gasteiger partial charge in [-0.1, -0.05) is 28.3 Å². The molecule has 1 aromatic rings. The Hall–Kier alpha value is -1.03. The molecular formula is C7H6BClFNO. The van der Waals surface area contributed by atoms with Gasteiger partial charge < -0.3 is 5.21 Å². The standard InChI is InChI=1S/C7H6BClFNO/c8-4-1-2-5(6(10)3-4)7(9)11-12/h1-3,12H,8H2/b11-7+. The first-order valence-electron chi connectivity index (χ1n) is 3.29. The van der Waals surface area contributed by atoms with Gasteiger partial charge in [0.25, 0.3) is 0 Å². The van der Waals surface area contributed by atoms with Gasteiger partial charge in [0.2, 0.25) is 0 Å². The third-order valence-corrected chi connectivity index (χ3v) is 1.71. The lowest BCUT2D eigenvalue weighted by molar-refractivity contribution is 0.320. The number of oxime groups is 1. The third-order valence-electron chi connectivity index (χ3n) is 1.43. The van der Waals surface area contributed by atoms with Crippen LogP contribution < -0.4 is 5.46 Å². The molecule has 1 aromatic carbocycles. The zero-order valence-electron chi connectivity index (χ0n) is 6.38. The summed E-state index contributed by atoms with van der Waals surface area (Å²) in [7, 11) is 1.76. The fourth-order valence-electron chi connectivity index (χ4n) is 0.841. The Labute approximate surface area is 75.1 Å². The lowest BCUT2D eigenvalue weighted by atomic mass is 9.95. The van der Waals surface area contributed by atoms with Gasteiger partial charge in [-0.05, 0) is 12.1 Å². The summed E-state index contributed by atoms with van der Waals surface area (Å²) in [6.07, 6.45) is 0. The first-order chi connectivity index (χ1) is 5.65. The highest BCUT2D eigenvalue weighted by Gasteiger charge is 2.06. The van der Waals surface area contributed by atoms with Crippen molar-refractivity contribution in [3.63, 3.8) is 0 Å². The first kappa shape index (κ1) is 9.07. The maximum atomic E-state index is 13.0. The zero-order chi connectivity index (χ0) is 9.14. The van der Waals surface area contributed by atoms with Crippen LogP contribution in [0.2, 0.25) is 0 Å². The van der Waals surface area contributed by atoms with Crippen LogP contribution in [-0.2, 0) is 0 Å². The van der Waals surface area contributed by atoms with Gasteiger partial charge in [0.05, 0.1) is 5.56 Å². The van der Waals surface area contributed by atoms with E-state index >= 15 is 0 Å². The van der Waals surface area contributed by atoms with Crippen molar-refractivity contribution in [1.82, 2.24) is 0 Å². The van der Waals surface area contributed by atoms with Gasteiger partial charge >= 0.3 is 0 Å². The molecular weight excluding hydrogens is 179 g/mol. The molecule has 1 N–H and O–H groups in total. The lowest BCUT2D eigenvalue weighted by Gasteiger charge is -1.99. The summed E-state index contributed by atoms with van der Waals surface area (Å²) < 4.78 is 13.0. The predicted octanol–water partition coefficient (Wildman–Crippen LogP) is 0.459. The number of rotatable bonds is 1. The van der Waals surface area contributed by atoms with Crippen LogP contribution in [0, 0.1) is 5.82 Å². The van der Waals surface area contributed by atoms with Crippen LogP contribution in [0.5, 0.6) is 0 Å². The van der Waals surface area contributed by atoms with Crippen molar-refractivity contribution in [3.8, 4) is 0 Å². The number of hydrogen-bond acceptors (Lipinski definition) is 2. The van der Waals surface area contributed by atoms with Crippen molar-refractivity contribution in [1.29, 1.82) is 0 Å². The molecule has 2 nitrogen and oxygen atoms in total. The van der Waals surface area contributed by atoms with Crippen molar-refractivity contribution in [2.24, 2.45) is 5.16 Å². The second-order valence-corrected chi connectivity index (χ2v) is 2.73. The topological polar surface area (TPSA) is 32.6 Å². The Balaban J connectivity index is 3.18. The number of hydrogen-bond donors (Lipinski definition) is 1. The molecule has 0 atom stereocenters. The maximum Gasteiger partial charge on any atom is 0.178 e. The van der Waals surface area contributed by atoms with Crippen LogP contribution in [0.25, 0.3) is 0 Å². The molecule has 0 aromatic heterocycles. The molecule has 0 bridgehead atoms. The summed E-state index contributed by atoms with van der Waals surface area (Å²) in [5, 5.41) is 10.7. The molecule has 0 amide bonds. The van der Waals surface area contributed by atoms with Crippen molar-refractivity contribution in [2.75, 3.05) is 0 Å². The highest BCUT2D eigenvalue weighted by molar-refractivity contribution is 6.69. The summed E-state index contributed by atoms with van der Waals surface area (Å²) in [6, 6.07) is 4.47. The van der Waals surface area contributed by atoms with Gasteiger partial charge in [-0.3, -0.25) is 0 Å². The first-order valence-corrected chi connectivity index (χ1v) is 3.67. The number of halogens is 2. The van der Waals surface area contributed by atoms with Crippen LogP contribution >= 0.6 is 11.6 Å². The minimum Gasteiger partial charge on any atom is -0.410 e. The van der Waals surface area contributed by atoms with E-state index in [2.05, 4.69) is 5.16 Å². The van der Waals surface area contributed by atoms with Gasteiger partial charge in [-0.25, -0.2) is 4.39 Å². The summed E-state index contributed by atoms with van der Waals surface area (Å²) in [5.41, 5.74) is 0.892. The molecule has 0 spiro atoms. The van der Waals surface area contributed by atoms with E-state index in [0.29, 0.717) is 0 Å². The summed E-state index contributed by atoms with van der Waals surface area (Å²) in [6.45, 7) is 0. The van der Waals surface area contributed by atoms with Gasteiger partial charge in [0.1, 0.15) is 13.7 Å². The van der Waals surface area contributed by atoms with Gasteiger partial charge in [-0.2, -0.15) is 0 Å². The molecule has 0 aliphatic rings. The third kappa shape index (κ3) is 1.77. The Morgan fingerprint density at radius 1 is 1.58 bits per heavy atom. The Morgan fingerprint density at radius 2 is 2.25 bits per heavy atom. The van der Waals surface area contributed by atoms with E-state index in [1.807, 2.05) is 0 Å². The molecule has 0 fully saturated rings. The Kier molecular flexibility index (Phi) is 2.71. The van der Waals surface area contributed by atoms with Gasteiger partial charge in [0, 0.05) is 0 Å². The normalized spacial score (nSPS) is 11.7. The van der Waals surface area contributed by atoms with E-state index in [1.54, 1.807) is 13.9 Å². The van der Waals surface area contributed by atoms with E-state index < -0.39 is 5.82 Å². The molecule has 1 rings (SSSR count). The summed E-state index contributed by atoms with van der Waals surface area (Å²) >= 11 is 5.41. The average Bonchev–Trinajstić information content (AvgIpc) is 2.03. The molecule has 5 heteroatoms. The highest BCUT2D eigenvalue weighted by Crippen LogP contribution is 2.08. The molecule has 0 saturated carbocycles. The van der Waals surface area contributed by atoms with E-state index in [1.165, 1.54) is 12.1 Å². The SMILES string of the molecule is Bc1ccc(/C(Cl)=N\O)c(F)c1. The molecule has 0 saturated heterocycles. The number of benzene rings is 1. The second-order valence-electron chi connectivity index (χ2n) is 2.37. The minimum absolute atomic E-state index is 0.102. The van der Waals surface area contributed by atoms with Crippen molar-refractivity contribution >= 4 is 30.1 Å². The van der Waals surface area contributed by atoms with Crippen LogP contribution in [0.1, 0.15) is 5.56 Å². The lowest BCUT2D eigenvalue weighted by Crippen LogP contribution is -2.06. The van der Waals surface area contributed by atoms with E-state index in [-0.39, 0.29) is 10.7 Å². The molecule has 62 valence electrons. The van der Waals surface area contributed by atoms with Crippen LogP contribution in [0.3, 0.4) is 0 Å². The van der Waals surface area contributed by atoms with Crippen LogP contribution in [-0.4, -0.2) is 18.2 Å². The molecule has 0 radical (unpaired) electrons. The molecule has 0 heterocycles. The summed E-state index contributed by atoms with van der Waals surface area (Å²) in [4.78, 5) is 0. The maximum absolute atomic E-state index is 13.0. The quantitative estimate of drug-likeness (QED) is 0.293. The Bertz CT molecular complexity index is 329. The van der Waals surface area contributed by atoms with E-state index in [9.17, 15) is 4.39 Å². The van der Waals surface area contributed by atoms with Gasteiger partial charge in [-0.15, -0.1) is 0 Å². The second kappa shape index (κ2) is 3.58. The van der Waals surface area contributed by atoms with Crippen LogP contribution in [0.4, 0.5) is 4.39 Å². The Morgan fingerprint density at radius 3 is 2.75 bits per heavy atom. The zero-order valence-corrected chi connectivity index (χ0v) is 7.14. The minimum atomic E-state index is -0.488. The average molecular weight is 185 g/mol. The van der Waals surface area contributed by atoms with Crippen LogP contribution in [0.15, 0.2) is 23.4 Å². The molecule has 0 aliphatic heterocycles. The molecule has 12 heavy (non-hydrogen) atoms. The number of nitrogens with zero attached hydrogens (tertiary/aromatic N) is 1. The summed E-state index contributed by atoms with van der Waals surface area (Å²) in [5.74, 6) is -0.488. The van der Waals surface area contributed by atoms with Crippen molar-refractivity contribution in [3.05, 3.63) is 29.6 Å². The van der Waals surface area contributed by atoms with Crippen molar-refractivity contribution in [2.45, 2.75) is 0 Å². The smallest absolute Gasteiger partial charge is 0.178 e. The predicted molar refractivity (Wildman–Crippen MR) is 48.8 cm³/mol. The highest BCUT2D eigenvalue weighted by atomic mass is 35.5. The van der Waals surface area contributed by atoms with E-state index in [0.717, 1.165) is 5.46 Å². The van der Waals surface area contributed by atoms with E-state index in [4.69, 9.17) is 16.8 Å². The van der Waals surface area contributed by atoms with Crippen molar-refractivity contribution < 1.29 is 9.60 Å². The van der Waals surface area contributed by atoms with Gasteiger partial charge in [0.15, 0.2) is 5.17 Å². The molecule has 0 aliphatic carbocycles.